The first-order valence-electron chi connectivity index (χ1n) is 5.40. The fraction of sp³-hybridized carbons (Fsp3) is 0.308. The van der Waals surface area contributed by atoms with Crippen LogP contribution in [0.5, 0.6) is 0 Å². The van der Waals surface area contributed by atoms with Crippen LogP contribution >= 0.6 is 23.2 Å². The van der Waals surface area contributed by atoms with E-state index in [9.17, 15) is 4.79 Å². The number of ether oxygens (including phenoxy) is 1. The average Bonchev–Trinajstić information content (AvgIpc) is 2.27. The number of benzene rings is 1. The van der Waals surface area contributed by atoms with E-state index in [1.807, 2.05) is 18.2 Å². The number of halogens is 2. The topological polar surface area (TPSA) is 26.3 Å². The van der Waals surface area contributed by atoms with E-state index in [1.54, 1.807) is 19.1 Å². The molecule has 0 saturated carbocycles. The Morgan fingerprint density at radius 2 is 2.18 bits per heavy atom. The summed E-state index contributed by atoms with van der Waals surface area (Å²) in [5, 5.41) is 1.21. The van der Waals surface area contributed by atoms with Gasteiger partial charge >= 0.3 is 5.97 Å². The van der Waals surface area contributed by atoms with E-state index < -0.39 is 0 Å². The van der Waals surface area contributed by atoms with Crippen molar-refractivity contribution in [2.45, 2.75) is 19.8 Å². The molecular formula is C13H14Cl2O2. The van der Waals surface area contributed by atoms with Crippen molar-refractivity contribution in [3.05, 3.63) is 39.9 Å². The zero-order chi connectivity index (χ0) is 12.7. The van der Waals surface area contributed by atoms with E-state index in [0.29, 0.717) is 29.5 Å². The van der Waals surface area contributed by atoms with E-state index in [-0.39, 0.29) is 5.97 Å². The Labute approximate surface area is 111 Å². The molecule has 0 radical (unpaired) electrons. The third-order valence-corrected chi connectivity index (χ3v) is 2.64. The summed E-state index contributed by atoms with van der Waals surface area (Å²) < 4.78 is 4.82. The highest BCUT2D eigenvalue weighted by atomic mass is 35.5. The van der Waals surface area contributed by atoms with Gasteiger partial charge in [0.1, 0.15) is 0 Å². The lowest BCUT2D eigenvalue weighted by atomic mass is 10.2. The molecular weight excluding hydrogens is 259 g/mol. The second-order valence-corrected chi connectivity index (χ2v) is 4.26. The van der Waals surface area contributed by atoms with Gasteiger partial charge in [-0.3, -0.25) is 4.79 Å². The lowest BCUT2D eigenvalue weighted by Crippen LogP contribution is -2.02. The second-order valence-electron chi connectivity index (χ2n) is 3.41. The normalized spacial score (nSPS) is 10.8. The Morgan fingerprint density at radius 3 is 2.82 bits per heavy atom. The van der Waals surface area contributed by atoms with Gasteiger partial charge in [-0.2, -0.15) is 0 Å². The highest BCUT2D eigenvalue weighted by Crippen LogP contribution is 2.22. The van der Waals surface area contributed by atoms with E-state index >= 15 is 0 Å². The minimum atomic E-state index is -0.181. The fourth-order valence-corrected chi connectivity index (χ4v) is 1.75. The molecule has 17 heavy (non-hydrogen) atoms. The molecule has 0 bridgehead atoms. The molecule has 0 unspecified atom stereocenters. The first kappa shape index (κ1) is 14.1. The van der Waals surface area contributed by atoms with Gasteiger partial charge in [-0.15, -0.1) is 0 Å². The predicted molar refractivity (Wildman–Crippen MR) is 71.4 cm³/mol. The molecule has 0 N–H and O–H groups in total. The molecule has 1 aromatic rings. The smallest absolute Gasteiger partial charge is 0.306 e. The monoisotopic (exact) mass is 272 g/mol. The molecule has 0 heterocycles. The second kappa shape index (κ2) is 7.36. The number of allylic oxidation sites excluding steroid dienone is 1. The quantitative estimate of drug-likeness (QED) is 0.745. The SMILES string of the molecule is CCOC(=O)CC/C=C/c1ccc(Cl)cc1Cl. The number of hydrogen-bond acceptors (Lipinski definition) is 2. The van der Waals surface area contributed by atoms with Gasteiger partial charge in [-0.25, -0.2) is 0 Å². The summed E-state index contributed by atoms with van der Waals surface area (Å²) in [4.78, 5) is 11.1. The maximum atomic E-state index is 11.1. The van der Waals surface area contributed by atoms with Crippen molar-refractivity contribution < 1.29 is 9.53 Å². The van der Waals surface area contributed by atoms with Crippen LogP contribution in [-0.2, 0) is 9.53 Å². The van der Waals surface area contributed by atoms with E-state index in [4.69, 9.17) is 27.9 Å². The molecule has 0 aromatic heterocycles. The van der Waals surface area contributed by atoms with Crippen LogP contribution in [0, 0.1) is 0 Å². The summed E-state index contributed by atoms with van der Waals surface area (Å²) >= 11 is 11.8. The van der Waals surface area contributed by atoms with Crippen LogP contribution in [0.1, 0.15) is 25.3 Å². The van der Waals surface area contributed by atoms with Crippen molar-refractivity contribution >= 4 is 35.2 Å². The van der Waals surface area contributed by atoms with Gasteiger partial charge in [-0.1, -0.05) is 41.4 Å². The Bertz CT molecular complexity index is 414. The largest absolute Gasteiger partial charge is 0.466 e. The first-order valence-corrected chi connectivity index (χ1v) is 6.16. The molecule has 0 fully saturated rings. The van der Waals surface area contributed by atoms with Crippen LogP contribution in [0.2, 0.25) is 10.0 Å². The molecule has 1 rings (SSSR count). The lowest BCUT2D eigenvalue weighted by molar-refractivity contribution is -0.142. The third-order valence-electron chi connectivity index (χ3n) is 2.08. The lowest BCUT2D eigenvalue weighted by Gasteiger charge is -1.99. The zero-order valence-corrected chi connectivity index (χ0v) is 11.1. The van der Waals surface area contributed by atoms with Crippen molar-refractivity contribution in [1.82, 2.24) is 0 Å². The summed E-state index contributed by atoms with van der Waals surface area (Å²) in [7, 11) is 0. The van der Waals surface area contributed by atoms with E-state index in [0.717, 1.165) is 5.56 Å². The molecule has 0 atom stereocenters. The van der Waals surface area contributed by atoms with Gasteiger partial charge < -0.3 is 4.74 Å². The molecule has 2 nitrogen and oxygen atoms in total. The van der Waals surface area contributed by atoms with Gasteiger partial charge in [0.05, 0.1) is 6.61 Å². The highest BCUT2D eigenvalue weighted by molar-refractivity contribution is 6.35. The fourth-order valence-electron chi connectivity index (χ4n) is 1.28. The third kappa shape index (κ3) is 5.24. The number of esters is 1. The molecule has 0 aliphatic heterocycles. The summed E-state index contributed by atoms with van der Waals surface area (Å²) in [6.45, 7) is 2.22. The van der Waals surface area contributed by atoms with Crippen LogP contribution < -0.4 is 0 Å². The maximum Gasteiger partial charge on any atom is 0.306 e. The standard InChI is InChI=1S/C13H14Cl2O2/c1-2-17-13(16)6-4-3-5-10-7-8-11(14)9-12(10)15/h3,5,7-9H,2,4,6H2,1H3/b5-3+. The summed E-state index contributed by atoms with van der Waals surface area (Å²) in [5.74, 6) is -0.181. The predicted octanol–water partition coefficient (Wildman–Crippen LogP) is 4.35. The van der Waals surface area contributed by atoms with Gasteiger partial charge in [0.15, 0.2) is 0 Å². The van der Waals surface area contributed by atoms with Crippen molar-refractivity contribution in [3.63, 3.8) is 0 Å². The summed E-state index contributed by atoms with van der Waals surface area (Å²) in [5.41, 5.74) is 0.889. The molecule has 0 aliphatic carbocycles. The van der Waals surface area contributed by atoms with Crippen molar-refractivity contribution in [3.8, 4) is 0 Å². The minimum Gasteiger partial charge on any atom is -0.466 e. The van der Waals surface area contributed by atoms with Crippen LogP contribution in [0.4, 0.5) is 0 Å². The van der Waals surface area contributed by atoms with Crippen molar-refractivity contribution in [1.29, 1.82) is 0 Å². The van der Waals surface area contributed by atoms with E-state index in [1.165, 1.54) is 0 Å². The van der Waals surface area contributed by atoms with Crippen molar-refractivity contribution in [2.24, 2.45) is 0 Å². The van der Waals surface area contributed by atoms with Crippen LogP contribution in [0.3, 0.4) is 0 Å². The summed E-state index contributed by atoms with van der Waals surface area (Å²) in [6.07, 6.45) is 4.79. The Balaban J connectivity index is 2.45. The van der Waals surface area contributed by atoms with Crippen LogP contribution in [0.15, 0.2) is 24.3 Å². The summed E-state index contributed by atoms with van der Waals surface area (Å²) in [6, 6.07) is 5.30. The zero-order valence-electron chi connectivity index (χ0n) is 9.58. The first-order chi connectivity index (χ1) is 8.13. The van der Waals surface area contributed by atoms with Gasteiger partial charge in [0, 0.05) is 16.5 Å². The molecule has 0 saturated heterocycles. The van der Waals surface area contributed by atoms with Gasteiger partial charge in [-0.05, 0) is 31.0 Å². The van der Waals surface area contributed by atoms with Crippen LogP contribution in [-0.4, -0.2) is 12.6 Å². The highest BCUT2D eigenvalue weighted by Gasteiger charge is 1.99. The molecule has 4 heteroatoms. The number of rotatable bonds is 5. The van der Waals surface area contributed by atoms with Crippen molar-refractivity contribution in [2.75, 3.05) is 6.61 Å². The minimum absolute atomic E-state index is 0.181. The number of hydrogen-bond donors (Lipinski definition) is 0. The molecule has 1 aromatic carbocycles. The van der Waals surface area contributed by atoms with Gasteiger partial charge in [0.2, 0.25) is 0 Å². The Kier molecular flexibility index (Phi) is 6.09. The molecule has 92 valence electrons. The Hall–Kier alpha value is -0.990. The molecule has 0 amide bonds. The number of carbonyl (C=O) groups is 1. The van der Waals surface area contributed by atoms with Crippen LogP contribution in [0.25, 0.3) is 6.08 Å². The Morgan fingerprint density at radius 1 is 1.41 bits per heavy atom. The molecule has 0 aliphatic rings. The average molecular weight is 273 g/mol. The number of carbonyl (C=O) groups excluding carboxylic acids is 1. The van der Waals surface area contributed by atoms with Gasteiger partial charge in [0.25, 0.3) is 0 Å². The van der Waals surface area contributed by atoms with E-state index in [2.05, 4.69) is 0 Å². The molecule has 0 spiro atoms. The maximum absolute atomic E-state index is 11.1.